The highest BCUT2D eigenvalue weighted by molar-refractivity contribution is 6.32. The number of aromatic carboxylic acids is 1. The van der Waals surface area contributed by atoms with Crippen molar-refractivity contribution in [2.24, 2.45) is 0 Å². The van der Waals surface area contributed by atoms with Crippen LogP contribution in [-0.4, -0.2) is 27.8 Å². The fourth-order valence-electron chi connectivity index (χ4n) is 2.22. The average molecular weight is 276 g/mol. The number of rotatable bonds is 2. The quantitative estimate of drug-likeness (QED) is 0.912. The fraction of sp³-hybridized carbons (Fsp3) is 0.154. The van der Waals surface area contributed by atoms with E-state index in [2.05, 4.69) is 16.3 Å². The van der Waals surface area contributed by atoms with Crippen LogP contribution in [0.1, 0.15) is 15.9 Å². The number of benzene rings is 1. The molecule has 1 aliphatic rings. The van der Waals surface area contributed by atoms with Crippen LogP contribution in [0.15, 0.2) is 30.3 Å². The fourth-order valence-corrected chi connectivity index (χ4v) is 2.40. The van der Waals surface area contributed by atoms with E-state index < -0.39 is 5.97 Å². The number of fused-ring (bicyclic) bond motifs is 1. The van der Waals surface area contributed by atoms with Crippen LogP contribution >= 0.6 is 11.6 Å². The van der Waals surface area contributed by atoms with E-state index in [1.807, 2.05) is 23.1 Å². The topological polar surface area (TPSA) is 66.3 Å². The molecule has 0 saturated heterocycles. The number of anilines is 2. The van der Waals surface area contributed by atoms with Crippen LogP contribution in [0.3, 0.4) is 0 Å². The number of nitrogens with zero attached hydrogens (tertiary/aromatic N) is 3. The van der Waals surface area contributed by atoms with Gasteiger partial charge in [0.25, 0.3) is 0 Å². The molecule has 0 bridgehead atoms. The Hall–Kier alpha value is -2.14. The second-order valence-electron chi connectivity index (χ2n) is 4.24. The smallest absolute Gasteiger partial charge is 0.339 e. The Balaban J connectivity index is 2.05. The molecule has 2 heterocycles. The molecule has 1 N–H and O–H groups in total. The Kier molecular flexibility index (Phi) is 2.83. The SMILES string of the molecule is O=C(O)c1cc(N2CCc3ccccc32)nnc1Cl. The molecule has 0 atom stereocenters. The Morgan fingerprint density at radius 1 is 1.32 bits per heavy atom. The van der Waals surface area contributed by atoms with Gasteiger partial charge in [0.15, 0.2) is 11.0 Å². The van der Waals surface area contributed by atoms with Crippen LogP contribution in [0.5, 0.6) is 0 Å². The summed E-state index contributed by atoms with van der Waals surface area (Å²) in [6.07, 6.45) is 0.906. The van der Waals surface area contributed by atoms with Crippen LogP contribution in [-0.2, 0) is 6.42 Å². The molecule has 96 valence electrons. The summed E-state index contributed by atoms with van der Waals surface area (Å²) in [7, 11) is 0. The van der Waals surface area contributed by atoms with Crippen LogP contribution < -0.4 is 4.90 Å². The zero-order valence-corrected chi connectivity index (χ0v) is 10.6. The van der Waals surface area contributed by atoms with Gasteiger partial charge in [0.05, 0.1) is 0 Å². The van der Waals surface area contributed by atoms with Gasteiger partial charge in [0.1, 0.15) is 5.56 Å². The highest BCUT2D eigenvalue weighted by Crippen LogP contribution is 2.33. The van der Waals surface area contributed by atoms with Crippen molar-refractivity contribution < 1.29 is 9.90 Å². The minimum absolute atomic E-state index is 0.0314. The van der Waals surface area contributed by atoms with Gasteiger partial charge in [-0.05, 0) is 18.1 Å². The largest absolute Gasteiger partial charge is 0.478 e. The molecule has 3 rings (SSSR count). The molecule has 1 aromatic carbocycles. The molecule has 19 heavy (non-hydrogen) atoms. The number of carboxylic acid groups (broad SMARTS) is 1. The molecule has 0 aliphatic carbocycles. The van der Waals surface area contributed by atoms with Crippen molar-refractivity contribution in [3.05, 3.63) is 46.6 Å². The van der Waals surface area contributed by atoms with Crippen molar-refractivity contribution in [3.63, 3.8) is 0 Å². The van der Waals surface area contributed by atoms with Crippen molar-refractivity contribution in [3.8, 4) is 0 Å². The standard InChI is InChI=1S/C13H10ClN3O2/c14-12-9(13(18)19)7-11(15-16-12)17-6-5-8-3-1-2-4-10(8)17/h1-4,7H,5-6H2,(H,18,19). The predicted octanol–water partition coefficient (Wildman–Crippen LogP) is 2.52. The summed E-state index contributed by atoms with van der Waals surface area (Å²) >= 11 is 5.73. The maximum absolute atomic E-state index is 11.1. The van der Waals surface area contributed by atoms with Crippen molar-refractivity contribution in [1.29, 1.82) is 0 Å². The number of carboxylic acids is 1. The number of hydrogen-bond donors (Lipinski definition) is 1. The molecular formula is C13H10ClN3O2. The van der Waals surface area contributed by atoms with Crippen LogP contribution in [0.4, 0.5) is 11.5 Å². The molecule has 0 amide bonds. The number of para-hydroxylation sites is 1. The summed E-state index contributed by atoms with van der Waals surface area (Å²) in [5.74, 6) is -0.597. The lowest BCUT2D eigenvalue weighted by molar-refractivity contribution is 0.0696. The highest BCUT2D eigenvalue weighted by Gasteiger charge is 2.23. The third-order valence-corrected chi connectivity index (χ3v) is 3.41. The van der Waals surface area contributed by atoms with E-state index >= 15 is 0 Å². The molecule has 0 unspecified atom stereocenters. The zero-order chi connectivity index (χ0) is 13.4. The molecule has 6 heteroatoms. The van der Waals surface area contributed by atoms with Crippen molar-refractivity contribution in [1.82, 2.24) is 10.2 Å². The Morgan fingerprint density at radius 2 is 2.11 bits per heavy atom. The number of hydrogen-bond acceptors (Lipinski definition) is 4. The number of aromatic nitrogens is 2. The molecule has 0 spiro atoms. The minimum Gasteiger partial charge on any atom is -0.478 e. The lowest BCUT2D eigenvalue weighted by Crippen LogP contribution is -2.16. The molecule has 1 aromatic heterocycles. The van der Waals surface area contributed by atoms with Crippen molar-refractivity contribution in [2.75, 3.05) is 11.4 Å². The van der Waals surface area contributed by atoms with Crippen molar-refractivity contribution in [2.45, 2.75) is 6.42 Å². The third kappa shape index (κ3) is 2.02. The van der Waals surface area contributed by atoms with Gasteiger partial charge >= 0.3 is 5.97 Å². The van der Waals surface area contributed by atoms with E-state index in [-0.39, 0.29) is 10.7 Å². The van der Waals surface area contributed by atoms with Crippen LogP contribution in [0.2, 0.25) is 5.15 Å². The molecule has 2 aromatic rings. The van der Waals surface area contributed by atoms with E-state index in [1.165, 1.54) is 11.6 Å². The first-order valence-corrected chi connectivity index (χ1v) is 6.16. The van der Waals surface area contributed by atoms with E-state index in [0.717, 1.165) is 18.7 Å². The molecular weight excluding hydrogens is 266 g/mol. The first kappa shape index (κ1) is 11.9. The van der Waals surface area contributed by atoms with Gasteiger partial charge in [-0.3, -0.25) is 0 Å². The number of halogens is 1. The summed E-state index contributed by atoms with van der Waals surface area (Å²) in [6, 6.07) is 9.42. The van der Waals surface area contributed by atoms with Gasteiger partial charge in [-0.1, -0.05) is 29.8 Å². The van der Waals surface area contributed by atoms with Gasteiger partial charge in [0.2, 0.25) is 0 Å². The van der Waals surface area contributed by atoms with Gasteiger partial charge < -0.3 is 10.0 Å². The Morgan fingerprint density at radius 3 is 2.89 bits per heavy atom. The van der Waals surface area contributed by atoms with E-state index in [1.54, 1.807) is 0 Å². The van der Waals surface area contributed by atoms with Crippen molar-refractivity contribution >= 4 is 29.1 Å². The molecule has 5 nitrogen and oxygen atoms in total. The first-order chi connectivity index (χ1) is 9.16. The molecule has 0 saturated carbocycles. The maximum Gasteiger partial charge on any atom is 0.339 e. The first-order valence-electron chi connectivity index (χ1n) is 5.79. The minimum atomic E-state index is -1.10. The van der Waals surface area contributed by atoms with Crippen LogP contribution in [0, 0.1) is 0 Å². The Bertz CT molecular complexity index is 660. The molecule has 0 fully saturated rings. The third-order valence-electron chi connectivity index (χ3n) is 3.13. The predicted molar refractivity (Wildman–Crippen MR) is 71.2 cm³/mol. The van der Waals surface area contributed by atoms with E-state index in [9.17, 15) is 4.79 Å². The zero-order valence-electron chi connectivity index (χ0n) is 9.88. The highest BCUT2D eigenvalue weighted by atomic mass is 35.5. The second kappa shape index (κ2) is 4.51. The Labute approximate surface area is 114 Å². The average Bonchev–Trinajstić information content (AvgIpc) is 2.83. The van der Waals surface area contributed by atoms with E-state index in [0.29, 0.717) is 5.82 Å². The summed E-state index contributed by atoms with van der Waals surface area (Å²) < 4.78 is 0. The van der Waals surface area contributed by atoms with Crippen LogP contribution in [0.25, 0.3) is 0 Å². The normalized spacial score (nSPS) is 13.4. The lowest BCUT2D eigenvalue weighted by Gasteiger charge is -2.17. The second-order valence-corrected chi connectivity index (χ2v) is 4.60. The summed E-state index contributed by atoms with van der Waals surface area (Å²) in [5.41, 5.74) is 2.22. The summed E-state index contributed by atoms with van der Waals surface area (Å²) in [4.78, 5) is 13.0. The van der Waals surface area contributed by atoms with Gasteiger partial charge in [-0.25, -0.2) is 4.79 Å². The summed E-state index contributed by atoms with van der Waals surface area (Å²) in [6.45, 7) is 0.759. The molecule has 1 aliphatic heterocycles. The number of carbonyl (C=O) groups is 1. The van der Waals surface area contributed by atoms with Gasteiger partial charge in [-0.2, -0.15) is 0 Å². The van der Waals surface area contributed by atoms with E-state index in [4.69, 9.17) is 16.7 Å². The van der Waals surface area contributed by atoms with Gasteiger partial charge in [0, 0.05) is 18.3 Å². The maximum atomic E-state index is 11.1. The summed E-state index contributed by atoms with van der Waals surface area (Å²) in [5, 5.41) is 16.7. The molecule has 0 radical (unpaired) electrons. The van der Waals surface area contributed by atoms with Gasteiger partial charge in [-0.15, -0.1) is 10.2 Å². The monoisotopic (exact) mass is 275 g/mol. The lowest BCUT2D eigenvalue weighted by atomic mass is 10.2.